The number of hydrogen-bond donors (Lipinski definition) is 2. The maximum atomic E-state index is 11.0. The van der Waals surface area contributed by atoms with Gasteiger partial charge >= 0.3 is 5.97 Å². The third kappa shape index (κ3) is 1.65. The molecule has 0 unspecified atom stereocenters. The molecule has 19 heavy (non-hydrogen) atoms. The summed E-state index contributed by atoms with van der Waals surface area (Å²) in [6, 6.07) is 4.96. The minimum atomic E-state index is -0.949. The van der Waals surface area contributed by atoms with Crippen LogP contribution in [0.25, 0.3) is 11.0 Å². The summed E-state index contributed by atoms with van der Waals surface area (Å²) in [5, 5.41) is 18.7. The van der Waals surface area contributed by atoms with Crippen molar-refractivity contribution in [2.24, 2.45) is 0 Å². The first-order chi connectivity index (χ1) is 9.07. The van der Waals surface area contributed by atoms with Gasteiger partial charge in [-0.2, -0.15) is 0 Å². The number of aromatic nitrogens is 2. The number of rotatable bonds is 3. The fraction of sp³-hybridized carbons (Fsp3) is 0.429. The molecule has 2 aromatic rings. The number of nitrogens with zero attached hydrogens (tertiary/aromatic N) is 2. The van der Waals surface area contributed by atoms with E-state index in [2.05, 4.69) is 9.55 Å². The molecular weight excluding hydrogens is 244 g/mol. The van der Waals surface area contributed by atoms with E-state index in [-0.39, 0.29) is 17.7 Å². The molecule has 5 heteroatoms. The Kier molecular flexibility index (Phi) is 2.60. The predicted molar refractivity (Wildman–Crippen MR) is 70.3 cm³/mol. The number of carboxylic acid groups (broad SMARTS) is 1. The van der Waals surface area contributed by atoms with Gasteiger partial charge in [0.2, 0.25) is 0 Å². The maximum absolute atomic E-state index is 11.0. The Morgan fingerprint density at radius 1 is 1.47 bits per heavy atom. The fourth-order valence-corrected chi connectivity index (χ4v) is 2.97. The highest BCUT2D eigenvalue weighted by atomic mass is 16.4. The summed E-state index contributed by atoms with van der Waals surface area (Å²) >= 11 is 0. The highest BCUT2D eigenvalue weighted by Crippen LogP contribution is 2.41. The Bertz CT molecular complexity index is 650. The van der Waals surface area contributed by atoms with Crippen molar-refractivity contribution < 1.29 is 15.0 Å². The van der Waals surface area contributed by atoms with E-state index >= 15 is 0 Å². The van der Waals surface area contributed by atoms with Gasteiger partial charge in [-0.05, 0) is 44.4 Å². The first-order valence-corrected chi connectivity index (χ1v) is 6.41. The highest BCUT2D eigenvalue weighted by molar-refractivity contribution is 5.92. The molecule has 100 valence electrons. The van der Waals surface area contributed by atoms with E-state index in [1.54, 1.807) is 18.2 Å². The summed E-state index contributed by atoms with van der Waals surface area (Å²) in [6.45, 7) is 2.00. The molecule has 1 heterocycles. The summed E-state index contributed by atoms with van der Waals surface area (Å²) in [4.78, 5) is 15.4. The second-order valence-corrected chi connectivity index (χ2v) is 5.24. The summed E-state index contributed by atoms with van der Waals surface area (Å²) in [7, 11) is 0. The molecule has 5 nitrogen and oxygen atoms in total. The average Bonchev–Trinajstić information content (AvgIpc) is 2.65. The third-order valence-corrected chi connectivity index (χ3v) is 4.12. The molecule has 0 bridgehead atoms. The zero-order valence-electron chi connectivity index (χ0n) is 10.8. The molecule has 1 aliphatic carbocycles. The standard InChI is InChI=1S/C14H16N2O3/c1-9-15-11-7-10(13(18)19)3-4-12(11)16(9)14(8-17)5-2-6-14/h3-4,7,17H,2,5-6,8H2,1H3,(H,18,19). The molecule has 1 aliphatic rings. The van der Waals surface area contributed by atoms with E-state index in [0.29, 0.717) is 5.52 Å². The fourth-order valence-electron chi connectivity index (χ4n) is 2.97. The molecule has 0 atom stereocenters. The molecular formula is C14H16N2O3. The van der Waals surface area contributed by atoms with E-state index in [1.807, 2.05) is 6.92 Å². The second kappa shape index (κ2) is 4.06. The van der Waals surface area contributed by atoms with Crippen LogP contribution in [0.4, 0.5) is 0 Å². The first-order valence-electron chi connectivity index (χ1n) is 6.41. The Balaban J connectivity index is 2.20. The molecule has 0 saturated heterocycles. The molecule has 0 spiro atoms. The number of aliphatic hydroxyl groups excluding tert-OH is 1. The van der Waals surface area contributed by atoms with Crippen molar-refractivity contribution in [3.8, 4) is 0 Å². The molecule has 0 amide bonds. The van der Waals surface area contributed by atoms with Gasteiger partial charge in [0.15, 0.2) is 0 Å². The van der Waals surface area contributed by atoms with Crippen molar-refractivity contribution in [1.29, 1.82) is 0 Å². The average molecular weight is 260 g/mol. The van der Waals surface area contributed by atoms with E-state index in [4.69, 9.17) is 5.11 Å². The molecule has 2 N–H and O–H groups in total. The molecule has 3 rings (SSSR count). The third-order valence-electron chi connectivity index (χ3n) is 4.12. The zero-order chi connectivity index (χ0) is 13.6. The summed E-state index contributed by atoms with van der Waals surface area (Å²) in [5.41, 5.74) is 1.57. The Hall–Kier alpha value is -1.88. The first kappa shape index (κ1) is 12.2. The predicted octanol–water partition coefficient (Wildman–Crippen LogP) is 1.91. The van der Waals surface area contributed by atoms with Crippen LogP contribution in [0.15, 0.2) is 18.2 Å². The Morgan fingerprint density at radius 3 is 2.74 bits per heavy atom. The second-order valence-electron chi connectivity index (χ2n) is 5.24. The van der Waals surface area contributed by atoms with Crippen LogP contribution in [0.2, 0.25) is 0 Å². The SMILES string of the molecule is Cc1nc2cc(C(=O)O)ccc2n1C1(CO)CCC1. The van der Waals surface area contributed by atoms with Gasteiger partial charge in [0.1, 0.15) is 5.82 Å². The van der Waals surface area contributed by atoms with Crippen LogP contribution in [-0.4, -0.2) is 32.3 Å². The number of aryl methyl sites for hydroxylation is 1. The van der Waals surface area contributed by atoms with Crippen LogP contribution >= 0.6 is 0 Å². The molecule has 1 aromatic carbocycles. The minimum absolute atomic E-state index is 0.0972. The van der Waals surface area contributed by atoms with Gasteiger partial charge in [0, 0.05) is 0 Å². The van der Waals surface area contributed by atoms with Gasteiger partial charge in [-0.1, -0.05) is 0 Å². The number of fused-ring (bicyclic) bond motifs is 1. The number of aromatic carboxylic acids is 1. The van der Waals surface area contributed by atoms with Gasteiger partial charge in [-0.25, -0.2) is 9.78 Å². The van der Waals surface area contributed by atoms with Crippen molar-refractivity contribution in [2.45, 2.75) is 31.7 Å². The van der Waals surface area contributed by atoms with Crippen molar-refractivity contribution in [3.63, 3.8) is 0 Å². The Labute approximate surface area is 110 Å². The topological polar surface area (TPSA) is 75.3 Å². The van der Waals surface area contributed by atoms with E-state index in [0.717, 1.165) is 30.6 Å². The van der Waals surface area contributed by atoms with Crippen molar-refractivity contribution in [2.75, 3.05) is 6.61 Å². The van der Waals surface area contributed by atoms with E-state index in [1.165, 1.54) is 0 Å². The lowest BCUT2D eigenvalue weighted by atomic mass is 9.77. The summed E-state index contributed by atoms with van der Waals surface area (Å²) < 4.78 is 2.07. The van der Waals surface area contributed by atoms with Gasteiger partial charge in [0.25, 0.3) is 0 Å². The molecule has 0 aliphatic heterocycles. The monoisotopic (exact) mass is 260 g/mol. The summed E-state index contributed by atoms with van der Waals surface area (Å²) in [5.74, 6) is -0.124. The van der Waals surface area contributed by atoms with Gasteiger partial charge in [-0.15, -0.1) is 0 Å². The quantitative estimate of drug-likeness (QED) is 0.884. The van der Waals surface area contributed by atoms with E-state index in [9.17, 15) is 9.90 Å². The van der Waals surface area contributed by atoms with E-state index < -0.39 is 5.97 Å². The largest absolute Gasteiger partial charge is 0.478 e. The van der Waals surface area contributed by atoms with Crippen molar-refractivity contribution in [1.82, 2.24) is 9.55 Å². The number of benzene rings is 1. The van der Waals surface area contributed by atoms with Crippen LogP contribution < -0.4 is 0 Å². The number of carboxylic acids is 1. The number of aliphatic hydroxyl groups is 1. The lowest BCUT2D eigenvalue weighted by Gasteiger charge is -2.42. The van der Waals surface area contributed by atoms with Gasteiger partial charge in [0.05, 0.1) is 28.7 Å². The maximum Gasteiger partial charge on any atom is 0.335 e. The normalized spacial score (nSPS) is 17.4. The van der Waals surface area contributed by atoms with Gasteiger partial charge in [-0.3, -0.25) is 0 Å². The molecule has 1 aromatic heterocycles. The van der Waals surface area contributed by atoms with Crippen LogP contribution in [0.3, 0.4) is 0 Å². The van der Waals surface area contributed by atoms with Crippen molar-refractivity contribution in [3.05, 3.63) is 29.6 Å². The molecule has 1 fully saturated rings. The number of imidazole rings is 1. The lowest BCUT2D eigenvalue weighted by molar-refractivity contribution is 0.0571. The highest BCUT2D eigenvalue weighted by Gasteiger charge is 2.40. The molecule has 0 radical (unpaired) electrons. The van der Waals surface area contributed by atoms with Gasteiger partial charge < -0.3 is 14.8 Å². The molecule has 1 saturated carbocycles. The van der Waals surface area contributed by atoms with Crippen LogP contribution in [0, 0.1) is 6.92 Å². The smallest absolute Gasteiger partial charge is 0.335 e. The Morgan fingerprint density at radius 2 is 2.21 bits per heavy atom. The summed E-state index contributed by atoms with van der Waals surface area (Å²) in [6.07, 6.45) is 2.99. The number of carbonyl (C=O) groups is 1. The van der Waals surface area contributed by atoms with Crippen LogP contribution in [-0.2, 0) is 5.54 Å². The van der Waals surface area contributed by atoms with Crippen LogP contribution in [0.5, 0.6) is 0 Å². The lowest BCUT2D eigenvalue weighted by Crippen LogP contribution is -2.44. The van der Waals surface area contributed by atoms with Crippen molar-refractivity contribution >= 4 is 17.0 Å². The minimum Gasteiger partial charge on any atom is -0.478 e. The zero-order valence-corrected chi connectivity index (χ0v) is 10.8. The number of hydrogen-bond acceptors (Lipinski definition) is 3. The van der Waals surface area contributed by atoms with Crippen LogP contribution in [0.1, 0.15) is 35.4 Å².